The number of thioether (sulfide) groups is 1. The SMILES string of the molecule is Cc1cc2nc(SCC(=O)Nc3ccccc3C(C)C)n(Cc3ccco3)c(=O)c2[nH]1. The lowest BCUT2D eigenvalue weighted by Crippen LogP contribution is -2.24. The zero-order valence-corrected chi connectivity index (χ0v) is 18.5. The summed E-state index contributed by atoms with van der Waals surface area (Å²) in [5.74, 6) is 0.917. The van der Waals surface area contributed by atoms with Gasteiger partial charge in [-0.05, 0) is 42.7 Å². The fraction of sp³-hybridized carbons (Fsp3) is 0.261. The number of fused-ring (bicyclic) bond motifs is 1. The van der Waals surface area contributed by atoms with Crippen molar-refractivity contribution in [3.8, 4) is 0 Å². The molecule has 1 aromatic carbocycles. The van der Waals surface area contributed by atoms with E-state index in [1.165, 1.54) is 16.3 Å². The number of carbonyl (C=O) groups is 1. The zero-order chi connectivity index (χ0) is 22.0. The summed E-state index contributed by atoms with van der Waals surface area (Å²) in [4.78, 5) is 33.5. The fourth-order valence-electron chi connectivity index (χ4n) is 3.45. The summed E-state index contributed by atoms with van der Waals surface area (Å²) in [6, 6.07) is 13.2. The van der Waals surface area contributed by atoms with Gasteiger partial charge < -0.3 is 14.7 Å². The minimum atomic E-state index is -0.192. The second kappa shape index (κ2) is 8.85. The molecule has 31 heavy (non-hydrogen) atoms. The molecule has 8 heteroatoms. The molecule has 0 spiro atoms. The number of carbonyl (C=O) groups excluding carboxylic acids is 1. The monoisotopic (exact) mass is 436 g/mol. The Kier molecular flexibility index (Phi) is 5.99. The lowest BCUT2D eigenvalue weighted by Gasteiger charge is -2.14. The number of benzene rings is 1. The number of para-hydroxylation sites is 1. The molecule has 0 bridgehead atoms. The van der Waals surface area contributed by atoms with E-state index in [9.17, 15) is 9.59 Å². The fourth-order valence-corrected chi connectivity index (χ4v) is 4.25. The number of aromatic nitrogens is 3. The van der Waals surface area contributed by atoms with Gasteiger partial charge in [-0.25, -0.2) is 4.98 Å². The van der Waals surface area contributed by atoms with Crippen molar-refractivity contribution in [2.45, 2.75) is 38.4 Å². The number of aromatic amines is 1. The molecule has 0 unspecified atom stereocenters. The first kappa shape index (κ1) is 21.0. The van der Waals surface area contributed by atoms with E-state index in [4.69, 9.17) is 4.42 Å². The van der Waals surface area contributed by atoms with Crippen molar-refractivity contribution in [2.75, 3.05) is 11.1 Å². The maximum absolute atomic E-state index is 13.1. The first-order valence-corrected chi connectivity index (χ1v) is 11.0. The molecular weight excluding hydrogens is 412 g/mol. The van der Waals surface area contributed by atoms with Crippen LogP contribution in [0.25, 0.3) is 11.0 Å². The summed E-state index contributed by atoms with van der Waals surface area (Å²) in [5.41, 5.74) is 3.59. The predicted octanol–water partition coefficient (Wildman–Crippen LogP) is 4.53. The van der Waals surface area contributed by atoms with Crippen LogP contribution in [0.5, 0.6) is 0 Å². The number of aryl methyl sites for hydroxylation is 1. The third kappa shape index (κ3) is 4.59. The Hall–Kier alpha value is -3.26. The molecule has 3 heterocycles. The molecule has 4 rings (SSSR count). The third-order valence-corrected chi connectivity index (χ3v) is 5.90. The van der Waals surface area contributed by atoms with Crippen molar-refractivity contribution in [1.29, 1.82) is 0 Å². The second-order valence-corrected chi connectivity index (χ2v) is 8.60. The van der Waals surface area contributed by atoms with Crippen LogP contribution in [-0.4, -0.2) is 26.2 Å². The van der Waals surface area contributed by atoms with E-state index < -0.39 is 0 Å². The molecule has 4 aromatic rings. The number of nitrogens with zero attached hydrogens (tertiary/aromatic N) is 2. The van der Waals surface area contributed by atoms with Gasteiger partial charge in [0, 0.05) is 11.4 Å². The van der Waals surface area contributed by atoms with Crippen molar-refractivity contribution in [1.82, 2.24) is 14.5 Å². The molecular formula is C23H24N4O3S. The number of H-pyrrole nitrogens is 1. The topological polar surface area (TPSA) is 92.9 Å². The van der Waals surface area contributed by atoms with Crippen molar-refractivity contribution in [2.24, 2.45) is 0 Å². The zero-order valence-electron chi connectivity index (χ0n) is 17.6. The van der Waals surface area contributed by atoms with E-state index in [1.807, 2.05) is 37.3 Å². The van der Waals surface area contributed by atoms with Crippen LogP contribution in [0.15, 0.2) is 63.1 Å². The number of nitrogens with one attached hydrogen (secondary N) is 2. The molecule has 0 aliphatic rings. The smallest absolute Gasteiger partial charge is 0.278 e. The van der Waals surface area contributed by atoms with Gasteiger partial charge in [0.1, 0.15) is 11.3 Å². The van der Waals surface area contributed by atoms with E-state index in [0.29, 0.717) is 27.9 Å². The lowest BCUT2D eigenvalue weighted by molar-refractivity contribution is -0.113. The Morgan fingerprint density at radius 3 is 2.81 bits per heavy atom. The van der Waals surface area contributed by atoms with Gasteiger partial charge in [-0.15, -0.1) is 0 Å². The second-order valence-electron chi connectivity index (χ2n) is 7.66. The Labute approximate surface area is 183 Å². The van der Waals surface area contributed by atoms with Crippen LogP contribution in [0.2, 0.25) is 0 Å². The highest BCUT2D eigenvalue weighted by Gasteiger charge is 2.17. The van der Waals surface area contributed by atoms with Gasteiger partial charge in [-0.2, -0.15) is 0 Å². The Bertz CT molecular complexity index is 1270. The van der Waals surface area contributed by atoms with E-state index in [2.05, 4.69) is 29.1 Å². The molecule has 0 radical (unpaired) electrons. The standard InChI is InChI=1S/C23H24N4O3S/c1-14(2)17-8-4-5-9-18(17)25-20(28)13-31-23-26-19-11-15(3)24-21(19)22(29)27(23)12-16-7-6-10-30-16/h4-11,14,24H,12-13H2,1-3H3,(H,25,28). The summed E-state index contributed by atoms with van der Waals surface area (Å²) in [6.45, 7) is 6.30. The number of hydrogen-bond acceptors (Lipinski definition) is 5. The molecule has 0 fully saturated rings. The van der Waals surface area contributed by atoms with E-state index >= 15 is 0 Å². The summed E-state index contributed by atoms with van der Waals surface area (Å²) in [5, 5.41) is 3.46. The van der Waals surface area contributed by atoms with Gasteiger partial charge in [-0.1, -0.05) is 43.8 Å². The quantitative estimate of drug-likeness (QED) is 0.328. The van der Waals surface area contributed by atoms with Gasteiger partial charge in [0.15, 0.2) is 5.16 Å². The summed E-state index contributed by atoms with van der Waals surface area (Å²) in [6.07, 6.45) is 1.57. The van der Waals surface area contributed by atoms with Crippen LogP contribution in [0.3, 0.4) is 0 Å². The first-order valence-electron chi connectivity index (χ1n) is 10.1. The average Bonchev–Trinajstić information content (AvgIpc) is 3.38. The molecule has 0 aliphatic carbocycles. The van der Waals surface area contributed by atoms with Gasteiger partial charge in [0.2, 0.25) is 5.91 Å². The highest BCUT2D eigenvalue weighted by molar-refractivity contribution is 7.99. The first-order chi connectivity index (χ1) is 14.9. The molecule has 0 saturated carbocycles. The van der Waals surface area contributed by atoms with Crippen molar-refractivity contribution < 1.29 is 9.21 Å². The van der Waals surface area contributed by atoms with Crippen LogP contribution in [0.1, 0.15) is 36.8 Å². The molecule has 7 nitrogen and oxygen atoms in total. The highest BCUT2D eigenvalue weighted by Crippen LogP contribution is 2.25. The van der Waals surface area contributed by atoms with E-state index in [-0.39, 0.29) is 23.8 Å². The maximum atomic E-state index is 13.1. The van der Waals surface area contributed by atoms with Gasteiger partial charge in [0.25, 0.3) is 5.56 Å². The molecule has 0 aliphatic heterocycles. The predicted molar refractivity (Wildman–Crippen MR) is 123 cm³/mol. The van der Waals surface area contributed by atoms with Crippen LogP contribution in [-0.2, 0) is 11.3 Å². The van der Waals surface area contributed by atoms with Gasteiger partial charge in [0.05, 0.1) is 24.1 Å². The lowest BCUT2D eigenvalue weighted by atomic mass is 10.0. The van der Waals surface area contributed by atoms with Crippen LogP contribution < -0.4 is 10.9 Å². The van der Waals surface area contributed by atoms with Crippen molar-refractivity contribution in [3.05, 3.63) is 76.1 Å². The Balaban J connectivity index is 1.59. The summed E-state index contributed by atoms with van der Waals surface area (Å²) in [7, 11) is 0. The van der Waals surface area contributed by atoms with Gasteiger partial charge >= 0.3 is 0 Å². The van der Waals surface area contributed by atoms with Gasteiger partial charge in [-0.3, -0.25) is 14.2 Å². The Morgan fingerprint density at radius 1 is 1.26 bits per heavy atom. The number of hydrogen-bond donors (Lipinski definition) is 2. The molecule has 0 atom stereocenters. The minimum Gasteiger partial charge on any atom is -0.467 e. The molecule has 0 saturated heterocycles. The average molecular weight is 437 g/mol. The van der Waals surface area contributed by atoms with E-state index in [0.717, 1.165) is 16.9 Å². The highest BCUT2D eigenvalue weighted by atomic mass is 32.2. The maximum Gasteiger partial charge on any atom is 0.278 e. The summed E-state index contributed by atoms with van der Waals surface area (Å²) < 4.78 is 6.96. The normalized spacial score (nSPS) is 11.4. The number of rotatable bonds is 7. The third-order valence-electron chi connectivity index (χ3n) is 4.92. The van der Waals surface area contributed by atoms with Crippen molar-refractivity contribution >= 4 is 34.4 Å². The number of amides is 1. The Morgan fingerprint density at radius 2 is 2.06 bits per heavy atom. The molecule has 3 aromatic heterocycles. The molecule has 160 valence electrons. The molecule has 2 N–H and O–H groups in total. The number of anilines is 1. The van der Waals surface area contributed by atoms with Crippen LogP contribution in [0.4, 0.5) is 5.69 Å². The van der Waals surface area contributed by atoms with E-state index in [1.54, 1.807) is 18.4 Å². The summed E-state index contributed by atoms with van der Waals surface area (Å²) >= 11 is 1.23. The number of furan rings is 1. The largest absolute Gasteiger partial charge is 0.467 e. The minimum absolute atomic E-state index is 0.131. The van der Waals surface area contributed by atoms with Crippen LogP contribution >= 0.6 is 11.8 Å². The van der Waals surface area contributed by atoms with Crippen LogP contribution in [0, 0.1) is 6.92 Å². The van der Waals surface area contributed by atoms with Crippen molar-refractivity contribution in [3.63, 3.8) is 0 Å². The molecule has 1 amide bonds.